The minimum absolute atomic E-state index is 0.521. The highest BCUT2D eigenvalue weighted by Crippen LogP contribution is 2.19. The van der Waals surface area contributed by atoms with Gasteiger partial charge in [0.2, 0.25) is 0 Å². The van der Waals surface area contributed by atoms with E-state index in [0.29, 0.717) is 5.15 Å². The summed E-state index contributed by atoms with van der Waals surface area (Å²) in [7, 11) is 1.94. The third-order valence-corrected chi connectivity index (χ3v) is 2.40. The Morgan fingerprint density at radius 3 is 2.69 bits per heavy atom. The molecule has 0 aromatic carbocycles. The van der Waals surface area contributed by atoms with Crippen molar-refractivity contribution >= 4 is 22.8 Å². The Bertz CT molecular complexity index is 473. The predicted molar refractivity (Wildman–Crippen MR) is 53.0 cm³/mol. The zero-order valence-corrected chi connectivity index (χ0v) is 8.55. The average Bonchev–Trinajstić information content (AvgIpc) is 2.32. The maximum Gasteiger partial charge on any atom is 0.161 e. The van der Waals surface area contributed by atoms with Gasteiger partial charge >= 0.3 is 0 Å². The summed E-state index contributed by atoms with van der Waals surface area (Å²) in [5.41, 5.74) is 2.85. The first-order valence-corrected chi connectivity index (χ1v) is 4.43. The lowest BCUT2D eigenvalue weighted by atomic mass is 10.3. The molecule has 68 valence electrons. The van der Waals surface area contributed by atoms with E-state index in [2.05, 4.69) is 9.97 Å². The number of rotatable bonds is 0. The fraction of sp³-hybridized carbons (Fsp3) is 0.333. The van der Waals surface area contributed by atoms with Crippen molar-refractivity contribution in [1.82, 2.24) is 14.5 Å². The van der Waals surface area contributed by atoms with Gasteiger partial charge in [-0.25, -0.2) is 9.97 Å². The van der Waals surface area contributed by atoms with Crippen molar-refractivity contribution < 1.29 is 0 Å². The molecule has 2 aromatic rings. The number of hydrogen-bond acceptors (Lipinski definition) is 2. The number of nitrogens with zero attached hydrogens (tertiary/aromatic N) is 3. The molecule has 0 fully saturated rings. The van der Waals surface area contributed by atoms with Gasteiger partial charge in [-0.2, -0.15) is 0 Å². The summed E-state index contributed by atoms with van der Waals surface area (Å²) in [6, 6.07) is 1.83. The van der Waals surface area contributed by atoms with Gasteiger partial charge in [0.05, 0.1) is 0 Å². The Morgan fingerprint density at radius 2 is 2.00 bits per heavy atom. The van der Waals surface area contributed by atoms with Crippen molar-refractivity contribution in [3.63, 3.8) is 0 Å². The van der Waals surface area contributed by atoms with Crippen molar-refractivity contribution in [2.24, 2.45) is 7.05 Å². The number of aryl methyl sites for hydroxylation is 3. The summed E-state index contributed by atoms with van der Waals surface area (Å²) in [6.07, 6.45) is 0. The highest BCUT2D eigenvalue weighted by Gasteiger charge is 2.08. The van der Waals surface area contributed by atoms with Gasteiger partial charge < -0.3 is 4.57 Å². The maximum atomic E-state index is 5.85. The molecule has 13 heavy (non-hydrogen) atoms. The van der Waals surface area contributed by atoms with Crippen molar-refractivity contribution in [2.45, 2.75) is 13.8 Å². The Morgan fingerprint density at radius 1 is 1.31 bits per heavy atom. The molecule has 0 unspecified atom stereocenters. The summed E-state index contributed by atoms with van der Waals surface area (Å²) in [5.74, 6) is 0.952. The largest absolute Gasteiger partial charge is 0.316 e. The van der Waals surface area contributed by atoms with Crippen LogP contribution in [-0.2, 0) is 7.05 Å². The summed E-state index contributed by atoms with van der Waals surface area (Å²) < 4.78 is 1.94. The van der Waals surface area contributed by atoms with Crippen LogP contribution in [0.3, 0.4) is 0 Å². The number of halogens is 1. The lowest BCUT2D eigenvalue weighted by molar-refractivity contribution is 0.874. The first-order valence-electron chi connectivity index (χ1n) is 4.06. The molecule has 0 radical (unpaired) electrons. The van der Waals surface area contributed by atoms with Crippen LogP contribution in [-0.4, -0.2) is 14.5 Å². The van der Waals surface area contributed by atoms with Crippen molar-refractivity contribution in [1.29, 1.82) is 0 Å². The van der Waals surface area contributed by atoms with Crippen LogP contribution in [0.15, 0.2) is 6.07 Å². The minimum atomic E-state index is 0.521. The van der Waals surface area contributed by atoms with Crippen LogP contribution >= 0.6 is 11.6 Å². The molecule has 0 bridgehead atoms. The minimum Gasteiger partial charge on any atom is -0.316 e. The molecule has 4 heteroatoms. The van der Waals surface area contributed by atoms with Gasteiger partial charge in [0.25, 0.3) is 0 Å². The molecule has 0 saturated carbocycles. The molecule has 0 aliphatic rings. The number of imidazole rings is 1. The van der Waals surface area contributed by atoms with Gasteiger partial charge in [-0.1, -0.05) is 11.6 Å². The van der Waals surface area contributed by atoms with Crippen LogP contribution < -0.4 is 0 Å². The molecule has 2 aromatic heterocycles. The topological polar surface area (TPSA) is 30.7 Å². The second-order valence-electron chi connectivity index (χ2n) is 3.15. The summed E-state index contributed by atoms with van der Waals surface area (Å²) in [5, 5.41) is 0.521. The lowest BCUT2D eigenvalue weighted by Gasteiger charge is -1.97. The third kappa shape index (κ3) is 1.20. The monoisotopic (exact) mass is 195 g/mol. The van der Waals surface area contributed by atoms with Gasteiger partial charge in [0, 0.05) is 7.05 Å². The molecule has 0 N–H and O–H groups in total. The molecule has 0 spiro atoms. The quantitative estimate of drug-likeness (QED) is 0.604. The molecule has 2 heterocycles. The molecular formula is C9H10ClN3. The van der Waals surface area contributed by atoms with Gasteiger partial charge in [0.1, 0.15) is 16.5 Å². The normalized spacial score (nSPS) is 11.1. The van der Waals surface area contributed by atoms with Crippen LogP contribution in [0.4, 0.5) is 0 Å². The second-order valence-corrected chi connectivity index (χ2v) is 3.54. The molecule has 0 aliphatic carbocycles. The molecule has 0 aliphatic heterocycles. The Hall–Kier alpha value is -1.09. The SMILES string of the molecule is Cc1cc(Cl)nc2c1nc(C)n2C. The van der Waals surface area contributed by atoms with Crippen LogP contribution in [0, 0.1) is 13.8 Å². The number of pyridine rings is 1. The van der Waals surface area contributed by atoms with E-state index in [0.717, 1.165) is 22.6 Å². The first-order chi connectivity index (χ1) is 6.09. The zero-order valence-electron chi connectivity index (χ0n) is 7.80. The van der Waals surface area contributed by atoms with E-state index in [1.807, 2.05) is 31.5 Å². The van der Waals surface area contributed by atoms with Crippen LogP contribution in [0.2, 0.25) is 5.15 Å². The Labute approximate surface area is 81.4 Å². The van der Waals surface area contributed by atoms with Crippen LogP contribution in [0.5, 0.6) is 0 Å². The highest BCUT2D eigenvalue weighted by molar-refractivity contribution is 6.29. The van der Waals surface area contributed by atoms with Crippen LogP contribution in [0.25, 0.3) is 11.2 Å². The lowest BCUT2D eigenvalue weighted by Crippen LogP contribution is -1.92. The molecular weight excluding hydrogens is 186 g/mol. The van der Waals surface area contributed by atoms with Crippen molar-refractivity contribution in [3.05, 3.63) is 22.6 Å². The predicted octanol–water partition coefficient (Wildman–Crippen LogP) is 2.24. The van der Waals surface area contributed by atoms with E-state index in [-0.39, 0.29) is 0 Å². The fourth-order valence-corrected chi connectivity index (χ4v) is 1.62. The Balaban J connectivity index is 2.94. The second kappa shape index (κ2) is 2.70. The van der Waals surface area contributed by atoms with Gasteiger partial charge in [-0.05, 0) is 25.5 Å². The molecule has 2 rings (SSSR count). The standard InChI is InChI=1S/C9H10ClN3/c1-5-4-7(10)12-9-8(5)11-6(2)13(9)3/h4H,1-3H3. The van der Waals surface area contributed by atoms with Gasteiger partial charge in [0.15, 0.2) is 5.65 Å². The number of hydrogen-bond donors (Lipinski definition) is 0. The van der Waals surface area contributed by atoms with E-state index < -0.39 is 0 Å². The maximum absolute atomic E-state index is 5.85. The van der Waals surface area contributed by atoms with Gasteiger partial charge in [-0.3, -0.25) is 0 Å². The Kier molecular flexibility index (Phi) is 1.77. The third-order valence-electron chi connectivity index (χ3n) is 2.21. The average molecular weight is 196 g/mol. The fourth-order valence-electron chi connectivity index (χ4n) is 1.37. The van der Waals surface area contributed by atoms with E-state index in [4.69, 9.17) is 11.6 Å². The smallest absolute Gasteiger partial charge is 0.161 e. The number of aromatic nitrogens is 3. The molecule has 0 atom stereocenters. The van der Waals surface area contributed by atoms with E-state index in [1.165, 1.54) is 0 Å². The first kappa shape index (κ1) is 8.51. The van der Waals surface area contributed by atoms with Crippen molar-refractivity contribution in [3.8, 4) is 0 Å². The van der Waals surface area contributed by atoms with E-state index in [9.17, 15) is 0 Å². The van der Waals surface area contributed by atoms with Gasteiger partial charge in [-0.15, -0.1) is 0 Å². The van der Waals surface area contributed by atoms with Crippen molar-refractivity contribution in [2.75, 3.05) is 0 Å². The highest BCUT2D eigenvalue weighted by atomic mass is 35.5. The summed E-state index contributed by atoms with van der Waals surface area (Å²) in [6.45, 7) is 3.94. The molecule has 3 nitrogen and oxygen atoms in total. The van der Waals surface area contributed by atoms with Crippen LogP contribution in [0.1, 0.15) is 11.4 Å². The molecule has 0 amide bonds. The van der Waals surface area contributed by atoms with E-state index >= 15 is 0 Å². The summed E-state index contributed by atoms with van der Waals surface area (Å²) >= 11 is 5.85. The number of fused-ring (bicyclic) bond motifs is 1. The molecule has 0 saturated heterocycles. The zero-order chi connectivity index (χ0) is 9.59. The van der Waals surface area contributed by atoms with E-state index in [1.54, 1.807) is 0 Å². The summed E-state index contributed by atoms with van der Waals surface area (Å²) in [4.78, 5) is 8.62.